The summed E-state index contributed by atoms with van der Waals surface area (Å²) in [5.74, 6) is 0.501. The van der Waals surface area contributed by atoms with Crippen molar-refractivity contribution in [3.63, 3.8) is 0 Å². The zero-order valence-corrected chi connectivity index (χ0v) is 15.1. The summed E-state index contributed by atoms with van der Waals surface area (Å²) in [7, 11) is 2.20. The van der Waals surface area contributed by atoms with Gasteiger partial charge in [-0.3, -0.25) is 0 Å². The average molecular weight is 324 g/mol. The van der Waals surface area contributed by atoms with E-state index in [0.29, 0.717) is 12.0 Å². The Hall–Kier alpha value is -1.58. The Morgan fingerprint density at radius 3 is 2.83 bits per heavy atom. The Balaban J connectivity index is 1.98. The number of nitrogens with zero attached hydrogens (tertiary/aromatic N) is 1. The second-order valence-corrected chi connectivity index (χ2v) is 8.38. The zero-order valence-electron chi connectivity index (χ0n) is 15.1. The summed E-state index contributed by atoms with van der Waals surface area (Å²) in [6, 6.07) is 6.87. The van der Waals surface area contributed by atoms with Crippen LogP contribution in [0.1, 0.15) is 43.5 Å². The van der Waals surface area contributed by atoms with E-state index in [1.54, 1.807) is 0 Å². The number of hydrogen-bond donors (Lipinski definition) is 2. The highest BCUT2D eigenvalue weighted by Gasteiger charge is 2.45. The quantitative estimate of drug-likeness (QED) is 0.829. The van der Waals surface area contributed by atoms with Crippen LogP contribution in [0.4, 0.5) is 0 Å². The van der Waals surface area contributed by atoms with Crippen LogP contribution in [0.5, 0.6) is 0 Å². The number of likely N-dealkylation sites (tertiary alicyclic amines) is 1. The topological polar surface area (TPSA) is 39.3 Å². The van der Waals surface area contributed by atoms with E-state index in [2.05, 4.69) is 62.5 Å². The lowest BCUT2D eigenvalue weighted by Gasteiger charge is -2.48. The van der Waals surface area contributed by atoms with Crippen molar-refractivity contribution < 1.29 is 5.11 Å². The smallest absolute Gasteiger partial charge is 0.0661 e. The van der Waals surface area contributed by atoms with Gasteiger partial charge in [-0.1, -0.05) is 39.0 Å². The third-order valence-electron chi connectivity index (χ3n) is 6.39. The first-order valence-corrected chi connectivity index (χ1v) is 9.01. The molecule has 0 bridgehead atoms. The van der Waals surface area contributed by atoms with Crippen LogP contribution in [0.3, 0.4) is 0 Å². The predicted octanol–water partition coefficient (Wildman–Crippen LogP) is 3.58. The molecule has 24 heavy (non-hydrogen) atoms. The molecule has 1 aliphatic carbocycles. The molecule has 1 saturated heterocycles. The standard InChI is InChI=1S/C21H28N2O/c1-6-21(3,4)20-14-10-16-18(19(24)12(2)11-23(16)5)13-8-7-9-15(22-20)17(13)14/h6-9,12,16,18-19,22,24H,1,10-11H2,2-5H3. The summed E-state index contributed by atoms with van der Waals surface area (Å²) in [6.07, 6.45) is 2.76. The van der Waals surface area contributed by atoms with Crippen molar-refractivity contribution >= 4 is 10.9 Å². The van der Waals surface area contributed by atoms with Gasteiger partial charge < -0.3 is 15.0 Å². The molecule has 1 fully saturated rings. The second-order valence-electron chi connectivity index (χ2n) is 8.38. The van der Waals surface area contributed by atoms with Crippen molar-refractivity contribution in [2.75, 3.05) is 13.6 Å². The fourth-order valence-electron chi connectivity index (χ4n) is 4.92. The third-order valence-corrected chi connectivity index (χ3v) is 6.39. The average Bonchev–Trinajstić information content (AvgIpc) is 2.94. The molecule has 0 amide bonds. The van der Waals surface area contributed by atoms with Crippen LogP contribution >= 0.6 is 0 Å². The Morgan fingerprint density at radius 2 is 2.12 bits per heavy atom. The van der Waals surface area contributed by atoms with E-state index in [9.17, 15) is 5.11 Å². The van der Waals surface area contributed by atoms with E-state index in [1.807, 2.05) is 6.08 Å². The van der Waals surface area contributed by atoms with Gasteiger partial charge in [0.2, 0.25) is 0 Å². The van der Waals surface area contributed by atoms with Crippen LogP contribution < -0.4 is 0 Å². The molecule has 2 aromatic rings. The fourth-order valence-corrected chi connectivity index (χ4v) is 4.92. The van der Waals surface area contributed by atoms with E-state index in [1.165, 1.54) is 27.7 Å². The van der Waals surface area contributed by atoms with Gasteiger partial charge in [0.1, 0.15) is 0 Å². The lowest BCUT2D eigenvalue weighted by atomic mass is 9.69. The molecule has 4 atom stereocenters. The summed E-state index contributed by atoms with van der Waals surface area (Å²) in [6.45, 7) is 11.6. The Bertz CT molecular complexity index is 804. The van der Waals surface area contributed by atoms with Crippen molar-refractivity contribution in [2.24, 2.45) is 5.92 Å². The number of rotatable bonds is 2. The number of benzene rings is 1. The third kappa shape index (κ3) is 2.04. The molecular weight excluding hydrogens is 296 g/mol. The highest BCUT2D eigenvalue weighted by Crippen LogP contribution is 2.47. The van der Waals surface area contributed by atoms with Crippen molar-refractivity contribution in [2.45, 2.75) is 50.7 Å². The highest BCUT2D eigenvalue weighted by molar-refractivity contribution is 5.90. The van der Waals surface area contributed by atoms with Gasteiger partial charge in [0, 0.05) is 40.5 Å². The maximum Gasteiger partial charge on any atom is 0.0661 e. The minimum atomic E-state index is -0.268. The maximum absolute atomic E-state index is 10.9. The number of hydrogen-bond acceptors (Lipinski definition) is 2. The van der Waals surface area contributed by atoms with Crippen molar-refractivity contribution in [1.82, 2.24) is 9.88 Å². The molecule has 0 radical (unpaired) electrons. The largest absolute Gasteiger partial charge is 0.392 e. The number of fused-ring (bicyclic) bond motifs is 2. The van der Waals surface area contributed by atoms with E-state index in [4.69, 9.17) is 0 Å². The molecule has 3 nitrogen and oxygen atoms in total. The minimum Gasteiger partial charge on any atom is -0.392 e. The summed E-state index contributed by atoms with van der Waals surface area (Å²) in [4.78, 5) is 6.11. The summed E-state index contributed by atoms with van der Waals surface area (Å²) in [5, 5.41) is 12.3. The highest BCUT2D eigenvalue weighted by atomic mass is 16.3. The molecule has 4 unspecified atom stereocenters. The Kier molecular flexibility index (Phi) is 3.45. The first-order valence-electron chi connectivity index (χ1n) is 9.01. The van der Waals surface area contributed by atoms with Crippen LogP contribution in [-0.2, 0) is 11.8 Å². The van der Waals surface area contributed by atoms with Crippen LogP contribution in [0, 0.1) is 5.92 Å². The number of allylic oxidation sites excluding steroid dienone is 1. The van der Waals surface area contributed by atoms with Crippen molar-refractivity contribution in [1.29, 1.82) is 0 Å². The molecule has 1 aromatic heterocycles. The molecular formula is C21H28N2O. The van der Waals surface area contributed by atoms with Gasteiger partial charge >= 0.3 is 0 Å². The van der Waals surface area contributed by atoms with E-state index in [-0.39, 0.29) is 17.4 Å². The lowest BCUT2D eigenvalue weighted by Crippen LogP contribution is -2.54. The van der Waals surface area contributed by atoms with Crippen LogP contribution in [0.15, 0.2) is 30.9 Å². The SMILES string of the molecule is C=CC(C)(C)c1[nH]c2cccc3c2c1CC1C3C(O)C(C)CN1C. The number of H-pyrrole nitrogens is 1. The Labute approximate surface area is 144 Å². The van der Waals surface area contributed by atoms with Gasteiger partial charge in [-0.2, -0.15) is 0 Å². The van der Waals surface area contributed by atoms with Gasteiger partial charge in [-0.15, -0.1) is 6.58 Å². The lowest BCUT2D eigenvalue weighted by molar-refractivity contribution is -0.0113. The molecule has 1 aliphatic heterocycles. The molecule has 2 aliphatic rings. The number of piperidine rings is 1. The molecule has 2 N–H and O–H groups in total. The minimum absolute atomic E-state index is 0.0857. The van der Waals surface area contributed by atoms with Crippen LogP contribution in [-0.4, -0.2) is 40.7 Å². The number of aromatic nitrogens is 1. The van der Waals surface area contributed by atoms with Gasteiger partial charge in [-0.25, -0.2) is 0 Å². The first kappa shape index (κ1) is 15.9. The molecule has 0 spiro atoms. The van der Waals surface area contributed by atoms with Gasteiger partial charge in [0.05, 0.1) is 6.10 Å². The van der Waals surface area contributed by atoms with Crippen LogP contribution in [0.25, 0.3) is 10.9 Å². The number of nitrogens with one attached hydrogen (secondary N) is 1. The zero-order chi connectivity index (χ0) is 17.2. The van der Waals surface area contributed by atoms with Gasteiger partial charge in [0.25, 0.3) is 0 Å². The van der Waals surface area contributed by atoms with E-state index in [0.717, 1.165) is 13.0 Å². The van der Waals surface area contributed by atoms with Crippen molar-refractivity contribution in [3.05, 3.63) is 47.7 Å². The molecule has 0 saturated carbocycles. The summed E-state index contributed by atoms with van der Waals surface area (Å²) in [5.41, 5.74) is 5.11. The summed E-state index contributed by atoms with van der Waals surface area (Å²) < 4.78 is 0. The van der Waals surface area contributed by atoms with Gasteiger partial charge in [-0.05, 0) is 36.6 Å². The monoisotopic (exact) mass is 324 g/mol. The number of aliphatic hydroxyl groups excluding tert-OH is 1. The second kappa shape index (κ2) is 5.21. The number of likely N-dealkylation sites (N-methyl/N-ethyl adjacent to an activating group) is 1. The Morgan fingerprint density at radius 1 is 1.38 bits per heavy atom. The fraction of sp³-hybridized carbons (Fsp3) is 0.524. The van der Waals surface area contributed by atoms with Gasteiger partial charge in [0.15, 0.2) is 0 Å². The maximum atomic E-state index is 10.9. The summed E-state index contributed by atoms with van der Waals surface area (Å²) >= 11 is 0. The molecule has 2 heterocycles. The number of aliphatic hydroxyl groups is 1. The van der Waals surface area contributed by atoms with E-state index < -0.39 is 0 Å². The number of aromatic amines is 1. The first-order chi connectivity index (χ1) is 11.3. The molecule has 128 valence electrons. The predicted molar refractivity (Wildman–Crippen MR) is 99.6 cm³/mol. The molecule has 4 rings (SSSR count). The van der Waals surface area contributed by atoms with E-state index >= 15 is 0 Å². The van der Waals surface area contributed by atoms with Crippen LogP contribution in [0.2, 0.25) is 0 Å². The normalized spacial score (nSPS) is 30.4. The van der Waals surface area contributed by atoms with Crippen molar-refractivity contribution in [3.8, 4) is 0 Å². The molecule has 1 aromatic carbocycles. The molecule has 3 heteroatoms.